The molecule has 4 aromatic rings. The van der Waals surface area contributed by atoms with Crippen LogP contribution in [0.4, 0.5) is 22.4 Å². The maximum Gasteiger partial charge on any atom is 0.437 e. The van der Waals surface area contributed by atoms with Gasteiger partial charge in [0.15, 0.2) is 11.5 Å². The Hall–Kier alpha value is -5.21. The van der Waals surface area contributed by atoms with Crippen molar-refractivity contribution < 1.29 is 46.2 Å². The molecule has 49 heavy (non-hydrogen) atoms. The molecule has 0 spiro atoms. The number of methoxy groups -OCH3 is 1. The molecule has 3 heterocycles. The van der Waals surface area contributed by atoms with Gasteiger partial charge in [-0.25, -0.2) is 14.0 Å². The highest BCUT2D eigenvalue weighted by molar-refractivity contribution is 6.04. The molecule has 0 aliphatic carbocycles. The van der Waals surface area contributed by atoms with Crippen LogP contribution < -0.4 is 10.4 Å². The number of carbonyl (C=O) groups excluding carboxylic acids is 3. The van der Waals surface area contributed by atoms with Gasteiger partial charge in [-0.05, 0) is 69.5 Å². The van der Waals surface area contributed by atoms with Crippen LogP contribution in [0, 0.1) is 11.7 Å². The Morgan fingerprint density at radius 1 is 1.06 bits per heavy atom. The van der Waals surface area contributed by atoms with Crippen LogP contribution >= 0.6 is 0 Å². The Morgan fingerprint density at radius 2 is 1.78 bits per heavy atom. The van der Waals surface area contributed by atoms with Crippen LogP contribution in [-0.2, 0) is 42.2 Å². The summed E-state index contributed by atoms with van der Waals surface area (Å²) in [5.74, 6) is -2.92. The van der Waals surface area contributed by atoms with E-state index < -0.39 is 47.1 Å². The van der Waals surface area contributed by atoms with Crippen molar-refractivity contribution in [2.45, 2.75) is 59.0 Å². The number of carbonyl (C=O) groups is 3. The number of fused-ring (bicyclic) bond motifs is 1. The summed E-state index contributed by atoms with van der Waals surface area (Å²) in [5, 5.41) is 3.75. The third-order valence-corrected chi connectivity index (χ3v) is 7.76. The zero-order chi connectivity index (χ0) is 35.8. The van der Waals surface area contributed by atoms with Gasteiger partial charge in [-0.2, -0.15) is 18.3 Å². The van der Waals surface area contributed by atoms with Crippen LogP contribution in [0.5, 0.6) is 5.75 Å². The molecule has 0 radical (unpaired) electrons. The fraction of sp³-hybridized carbons (Fsp3) is 0.382. The highest BCUT2D eigenvalue weighted by atomic mass is 19.4. The third-order valence-electron chi connectivity index (χ3n) is 7.76. The lowest BCUT2D eigenvalue weighted by atomic mass is 9.86. The number of hydrogen-bond acceptors (Lipinski definition) is 7. The summed E-state index contributed by atoms with van der Waals surface area (Å²) < 4.78 is 77.5. The SMILES string of the molecule is CCn1cc(-c2cc(Cn3ccn(C)c3=NC(=O)OC(C)(C)C)cc3c2OC[C@H](Cc2ccc(F)c(C(=O)OC)c2)C3=O)c(C(F)(F)F)n1. The molecule has 0 saturated heterocycles. The second-order valence-electron chi connectivity index (χ2n) is 12.6. The average Bonchev–Trinajstić information content (AvgIpc) is 3.62. The highest BCUT2D eigenvalue weighted by Crippen LogP contribution is 2.44. The van der Waals surface area contributed by atoms with Crippen LogP contribution in [0.2, 0.25) is 0 Å². The van der Waals surface area contributed by atoms with Gasteiger partial charge in [0.05, 0.1) is 37.3 Å². The number of hydrogen-bond donors (Lipinski definition) is 0. The number of esters is 1. The van der Waals surface area contributed by atoms with Crippen LogP contribution in [0.25, 0.3) is 11.1 Å². The average molecular weight is 686 g/mol. The quantitative estimate of drug-likeness (QED) is 0.174. The van der Waals surface area contributed by atoms with Gasteiger partial charge in [-0.15, -0.1) is 4.99 Å². The van der Waals surface area contributed by atoms with Crippen molar-refractivity contribution in [2.24, 2.45) is 18.0 Å². The molecule has 2 aromatic heterocycles. The normalized spacial score (nSPS) is 15.2. The molecule has 11 nitrogen and oxygen atoms in total. The topological polar surface area (TPSA) is 119 Å². The molecule has 0 saturated carbocycles. The van der Waals surface area contributed by atoms with Crippen molar-refractivity contribution >= 4 is 17.8 Å². The molecule has 1 aliphatic rings. The van der Waals surface area contributed by atoms with E-state index in [2.05, 4.69) is 14.8 Å². The molecule has 0 fully saturated rings. The number of ketones is 1. The predicted octanol–water partition coefficient (Wildman–Crippen LogP) is 5.97. The minimum atomic E-state index is -4.81. The Bertz CT molecular complexity index is 2000. The molecule has 0 N–H and O–H groups in total. The van der Waals surface area contributed by atoms with E-state index in [-0.39, 0.29) is 59.7 Å². The summed E-state index contributed by atoms with van der Waals surface area (Å²) in [7, 11) is 2.78. The fourth-order valence-electron chi connectivity index (χ4n) is 5.54. The summed E-state index contributed by atoms with van der Waals surface area (Å²) in [5.41, 5.74) is -1.37. The molecule has 15 heteroatoms. The molecule has 2 aromatic carbocycles. The lowest BCUT2D eigenvalue weighted by molar-refractivity contribution is -0.141. The first-order valence-corrected chi connectivity index (χ1v) is 15.3. The molecule has 0 unspecified atom stereocenters. The Morgan fingerprint density at radius 3 is 2.43 bits per heavy atom. The maximum absolute atomic E-state index is 14.3. The number of aryl methyl sites for hydroxylation is 2. The number of nitrogens with zero attached hydrogens (tertiary/aromatic N) is 5. The first-order chi connectivity index (χ1) is 23.0. The zero-order valence-corrected chi connectivity index (χ0v) is 27.7. The van der Waals surface area contributed by atoms with E-state index in [9.17, 15) is 31.9 Å². The van der Waals surface area contributed by atoms with Crippen molar-refractivity contribution in [3.8, 4) is 16.9 Å². The molecule has 1 aliphatic heterocycles. The lowest BCUT2D eigenvalue weighted by Gasteiger charge is -2.27. The number of imidazole rings is 1. The lowest BCUT2D eigenvalue weighted by Crippen LogP contribution is -2.31. The number of alkyl halides is 3. The van der Waals surface area contributed by atoms with Gasteiger partial charge < -0.3 is 23.3 Å². The molecule has 5 rings (SSSR count). The first kappa shape index (κ1) is 35.1. The summed E-state index contributed by atoms with van der Waals surface area (Å²) in [4.78, 5) is 42.8. The number of halogens is 4. The second kappa shape index (κ2) is 13.4. The summed E-state index contributed by atoms with van der Waals surface area (Å²) in [6, 6.07) is 6.86. The van der Waals surface area contributed by atoms with Crippen LogP contribution in [-0.4, -0.2) is 56.1 Å². The fourth-order valence-corrected chi connectivity index (χ4v) is 5.54. The van der Waals surface area contributed by atoms with E-state index in [0.29, 0.717) is 11.1 Å². The highest BCUT2D eigenvalue weighted by Gasteiger charge is 2.40. The van der Waals surface area contributed by atoms with Gasteiger partial charge in [0.2, 0.25) is 5.62 Å². The number of rotatable bonds is 7. The molecule has 260 valence electrons. The van der Waals surface area contributed by atoms with E-state index in [1.807, 2.05) is 0 Å². The standard InChI is InChI=1S/C34H35F4N5O6/c1-7-43-17-25(29(40-43)34(36,37)38)22-14-20(16-42-11-10-41(5)31(42)39-32(46)49-33(2,3)4)15-24-27(44)21(18-48-28(22)24)12-19-8-9-26(35)23(13-19)30(45)47-6/h8-11,13-15,17,21H,7,12,16,18H2,1-6H3/t21-/m0/s1. The number of benzene rings is 2. The largest absolute Gasteiger partial charge is 0.491 e. The van der Waals surface area contributed by atoms with Crippen LogP contribution in [0.15, 0.2) is 53.9 Å². The Kier molecular flexibility index (Phi) is 9.57. The Balaban J connectivity index is 1.61. The van der Waals surface area contributed by atoms with Crippen LogP contribution in [0.3, 0.4) is 0 Å². The van der Waals surface area contributed by atoms with E-state index in [4.69, 9.17) is 9.47 Å². The number of amides is 1. The molecule has 0 bridgehead atoms. The smallest absolute Gasteiger partial charge is 0.437 e. The third kappa shape index (κ3) is 7.60. The first-order valence-electron chi connectivity index (χ1n) is 15.3. The van der Waals surface area contributed by atoms with Crippen LogP contribution in [0.1, 0.15) is 65.2 Å². The summed E-state index contributed by atoms with van der Waals surface area (Å²) in [6.07, 6.45) is -1.06. The Labute approximate surface area is 278 Å². The van der Waals surface area contributed by atoms with Crippen molar-refractivity contribution in [2.75, 3.05) is 13.7 Å². The number of Topliss-reactive ketones (excluding diaryl/α,β-unsaturated/α-hetero) is 1. The van der Waals surface area contributed by atoms with Gasteiger partial charge in [-0.1, -0.05) is 6.07 Å². The molecule has 1 amide bonds. The predicted molar refractivity (Wildman–Crippen MR) is 167 cm³/mol. The van der Waals surface area contributed by atoms with E-state index >= 15 is 0 Å². The number of aromatic nitrogens is 4. The second-order valence-corrected chi connectivity index (χ2v) is 12.6. The van der Waals surface area contributed by atoms with Gasteiger partial charge in [0.1, 0.15) is 17.2 Å². The van der Waals surface area contributed by atoms with Crippen molar-refractivity contribution in [3.63, 3.8) is 0 Å². The van der Waals surface area contributed by atoms with Crippen molar-refractivity contribution in [3.05, 3.63) is 88.3 Å². The minimum absolute atomic E-state index is 0.00438. The van der Waals surface area contributed by atoms with Gasteiger partial charge >= 0.3 is 18.2 Å². The number of ether oxygens (including phenoxy) is 3. The van der Waals surface area contributed by atoms with Crippen molar-refractivity contribution in [1.82, 2.24) is 18.9 Å². The summed E-state index contributed by atoms with van der Waals surface area (Å²) in [6.45, 7) is 6.73. The molecular weight excluding hydrogens is 650 g/mol. The minimum Gasteiger partial charge on any atom is -0.491 e. The zero-order valence-electron chi connectivity index (χ0n) is 27.7. The van der Waals surface area contributed by atoms with Crippen molar-refractivity contribution in [1.29, 1.82) is 0 Å². The summed E-state index contributed by atoms with van der Waals surface area (Å²) >= 11 is 0. The van der Waals surface area contributed by atoms with E-state index in [1.54, 1.807) is 56.3 Å². The maximum atomic E-state index is 14.3. The molecular formula is C34H35F4N5O6. The van der Waals surface area contributed by atoms with Gasteiger partial charge in [0, 0.05) is 43.3 Å². The van der Waals surface area contributed by atoms with E-state index in [0.717, 1.165) is 17.9 Å². The van der Waals surface area contributed by atoms with E-state index in [1.165, 1.54) is 30.5 Å². The van der Waals surface area contributed by atoms with Gasteiger partial charge in [-0.3, -0.25) is 9.48 Å². The van der Waals surface area contributed by atoms with Gasteiger partial charge in [0.25, 0.3) is 0 Å². The monoisotopic (exact) mass is 685 g/mol. The molecule has 1 atom stereocenters.